The number of aliphatic imine (C=N–C) groups is 1. The number of hydrogen-bond donors (Lipinski definition) is 3. The number of nitrogens with one attached hydrogen (secondary N) is 2. The molecule has 0 bridgehead atoms. The monoisotopic (exact) mass is 428 g/mol. The maximum atomic E-state index is 11.6. The van der Waals surface area contributed by atoms with Crippen LogP contribution in [0.2, 0.25) is 10.0 Å². The lowest BCUT2D eigenvalue weighted by molar-refractivity contribution is 0.587. The number of benzene rings is 2. The number of nitrogens with two attached hydrogens (primary N) is 1. The van der Waals surface area contributed by atoms with E-state index < -0.39 is 10.0 Å². The van der Waals surface area contributed by atoms with Gasteiger partial charge in [0, 0.05) is 10.0 Å². The molecular formula is C18H22Cl2N4O2S. The average molecular weight is 429 g/mol. The Kier molecular flexibility index (Phi) is 7.49. The lowest BCUT2D eigenvalue weighted by atomic mass is 10.1. The van der Waals surface area contributed by atoms with Crippen molar-refractivity contribution >= 4 is 39.2 Å². The summed E-state index contributed by atoms with van der Waals surface area (Å²) in [5.74, 6) is 0.228. The highest BCUT2D eigenvalue weighted by atomic mass is 35.5. The van der Waals surface area contributed by atoms with Crippen molar-refractivity contribution in [2.75, 3.05) is 7.05 Å². The molecule has 0 aliphatic heterocycles. The van der Waals surface area contributed by atoms with Crippen LogP contribution in [-0.2, 0) is 22.3 Å². The largest absolute Gasteiger partial charge is 0.370 e. The van der Waals surface area contributed by atoms with Crippen LogP contribution in [0.3, 0.4) is 0 Å². The summed E-state index contributed by atoms with van der Waals surface area (Å²) < 4.78 is 25.4. The Hall–Kier alpha value is -1.80. The number of nitrogens with zero attached hydrogens (tertiary/aromatic N) is 1. The topological polar surface area (TPSA) is 96.6 Å². The maximum absolute atomic E-state index is 11.6. The summed E-state index contributed by atoms with van der Waals surface area (Å²) in [6, 6.07) is 12.3. The second-order valence-corrected chi connectivity index (χ2v) is 8.78. The number of halogens is 2. The predicted molar refractivity (Wildman–Crippen MR) is 111 cm³/mol. The Bertz CT molecular complexity index is 915. The van der Waals surface area contributed by atoms with Gasteiger partial charge in [0.1, 0.15) is 0 Å². The zero-order valence-electron chi connectivity index (χ0n) is 15.0. The zero-order chi connectivity index (χ0) is 20.0. The smallest absolute Gasteiger partial charge is 0.215 e. The molecule has 0 amide bonds. The molecule has 0 saturated carbocycles. The van der Waals surface area contributed by atoms with Crippen molar-refractivity contribution in [1.82, 2.24) is 10.0 Å². The van der Waals surface area contributed by atoms with Gasteiger partial charge in [0.15, 0.2) is 5.96 Å². The van der Waals surface area contributed by atoms with Crippen molar-refractivity contribution in [2.24, 2.45) is 10.7 Å². The van der Waals surface area contributed by atoms with Crippen molar-refractivity contribution in [2.45, 2.75) is 25.3 Å². The third-order valence-electron chi connectivity index (χ3n) is 3.92. The van der Waals surface area contributed by atoms with Crippen LogP contribution in [0, 0.1) is 0 Å². The molecule has 4 N–H and O–H groups in total. The number of sulfonamides is 1. The van der Waals surface area contributed by atoms with Gasteiger partial charge in [-0.05, 0) is 42.8 Å². The van der Waals surface area contributed by atoms with E-state index >= 15 is 0 Å². The fourth-order valence-electron chi connectivity index (χ4n) is 2.41. The molecule has 1 unspecified atom stereocenters. The minimum Gasteiger partial charge on any atom is -0.370 e. The Morgan fingerprint density at radius 3 is 2.37 bits per heavy atom. The van der Waals surface area contributed by atoms with E-state index in [1.54, 1.807) is 24.3 Å². The first-order valence-corrected chi connectivity index (χ1v) is 10.6. The highest BCUT2D eigenvalue weighted by molar-refractivity contribution is 7.88. The van der Waals surface area contributed by atoms with Crippen molar-refractivity contribution in [3.8, 4) is 0 Å². The maximum Gasteiger partial charge on any atom is 0.215 e. The van der Waals surface area contributed by atoms with Gasteiger partial charge in [0.05, 0.1) is 18.3 Å². The van der Waals surface area contributed by atoms with Gasteiger partial charge in [0.2, 0.25) is 10.0 Å². The minimum atomic E-state index is -3.28. The van der Waals surface area contributed by atoms with E-state index in [2.05, 4.69) is 15.0 Å². The van der Waals surface area contributed by atoms with Crippen molar-refractivity contribution in [3.05, 3.63) is 69.2 Å². The van der Waals surface area contributed by atoms with E-state index in [0.29, 0.717) is 22.2 Å². The highest BCUT2D eigenvalue weighted by Gasteiger charge is 2.11. The van der Waals surface area contributed by atoms with Crippen LogP contribution in [0.4, 0.5) is 0 Å². The van der Waals surface area contributed by atoms with E-state index in [9.17, 15) is 8.42 Å². The van der Waals surface area contributed by atoms with Gasteiger partial charge in [-0.25, -0.2) is 18.1 Å². The summed E-state index contributed by atoms with van der Waals surface area (Å²) >= 11 is 12.1. The summed E-state index contributed by atoms with van der Waals surface area (Å²) in [4.78, 5) is 4.31. The molecule has 9 heteroatoms. The molecule has 27 heavy (non-hydrogen) atoms. The van der Waals surface area contributed by atoms with Gasteiger partial charge in [-0.15, -0.1) is 0 Å². The molecule has 0 aromatic heterocycles. The minimum absolute atomic E-state index is 0.0594. The molecular weight excluding hydrogens is 407 g/mol. The third kappa shape index (κ3) is 6.70. The first-order valence-electron chi connectivity index (χ1n) is 8.20. The van der Waals surface area contributed by atoms with Gasteiger partial charge in [-0.3, -0.25) is 0 Å². The summed E-state index contributed by atoms with van der Waals surface area (Å²) in [7, 11) is -1.89. The van der Waals surface area contributed by atoms with E-state index in [1.165, 1.54) is 7.05 Å². The van der Waals surface area contributed by atoms with Crippen LogP contribution in [0.15, 0.2) is 47.5 Å². The Morgan fingerprint density at radius 1 is 1.15 bits per heavy atom. The Labute approximate surface area is 169 Å². The average Bonchev–Trinajstić information content (AvgIpc) is 2.60. The lowest BCUT2D eigenvalue weighted by Crippen LogP contribution is -2.34. The van der Waals surface area contributed by atoms with Crippen LogP contribution < -0.4 is 15.8 Å². The van der Waals surface area contributed by atoms with Crippen LogP contribution in [0.5, 0.6) is 0 Å². The number of rotatable bonds is 7. The molecule has 6 nitrogen and oxygen atoms in total. The second kappa shape index (κ2) is 9.41. The zero-order valence-corrected chi connectivity index (χ0v) is 17.4. The highest BCUT2D eigenvalue weighted by Crippen LogP contribution is 2.25. The molecule has 0 heterocycles. The normalized spacial score (nSPS) is 13.4. The molecule has 2 aromatic rings. The molecule has 2 aromatic carbocycles. The molecule has 0 radical (unpaired) electrons. The second-order valence-electron chi connectivity index (χ2n) is 6.01. The molecule has 0 aliphatic carbocycles. The fraction of sp³-hybridized carbons (Fsp3) is 0.278. The van der Waals surface area contributed by atoms with E-state index in [4.69, 9.17) is 28.9 Å². The number of guanidine groups is 1. The van der Waals surface area contributed by atoms with Gasteiger partial charge in [-0.1, -0.05) is 53.5 Å². The van der Waals surface area contributed by atoms with Gasteiger partial charge < -0.3 is 11.1 Å². The molecule has 2 rings (SSSR count). The van der Waals surface area contributed by atoms with E-state index in [-0.39, 0.29) is 17.8 Å². The molecule has 1 atom stereocenters. The lowest BCUT2D eigenvalue weighted by Gasteiger charge is -2.16. The first-order chi connectivity index (χ1) is 12.7. The van der Waals surface area contributed by atoms with Gasteiger partial charge in [0.25, 0.3) is 0 Å². The predicted octanol–water partition coefficient (Wildman–Crippen LogP) is 3.21. The van der Waals surface area contributed by atoms with Crippen LogP contribution >= 0.6 is 23.2 Å². The standard InChI is InChI=1S/C18H22Cl2N4O2S/c1-12(16-8-7-15(19)9-17(16)20)24-18(21)23-10-13-3-5-14(6-4-13)11-27(25,26)22-2/h3-9,12,22H,10-11H2,1-2H3,(H3,21,23,24). The molecule has 146 valence electrons. The third-order valence-corrected chi connectivity index (χ3v) is 5.81. The Balaban J connectivity index is 1.96. The van der Waals surface area contributed by atoms with Crippen molar-refractivity contribution in [1.29, 1.82) is 0 Å². The van der Waals surface area contributed by atoms with Crippen LogP contribution in [-0.4, -0.2) is 21.4 Å². The Morgan fingerprint density at radius 2 is 1.78 bits per heavy atom. The summed E-state index contributed by atoms with van der Waals surface area (Å²) in [5.41, 5.74) is 8.44. The van der Waals surface area contributed by atoms with Crippen molar-refractivity contribution in [3.63, 3.8) is 0 Å². The summed E-state index contributed by atoms with van der Waals surface area (Å²) in [6.45, 7) is 2.30. The first kappa shape index (κ1) is 21.5. The molecule has 0 saturated heterocycles. The van der Waals surface area contributed by atoms with E-state index in [1.807, 2.05) is 25.1 Å². The number of hydrogen-bond acceptors (Lipinski definition) is 3. The summed E-state index contributed by atoms with van der Waals surface area (Å²) in [5, 5.41) is 4.22. The summed E-state index contributed by atoms with van der Waals surface area (Å²) in [6.07, 6.45) is 0. The molecule has 0 spiro atoms. The fourth-order valence-corrected chi connectivity index (χ4v) is 3.75. The van der Waals surface area contributed by atoms with Crippen molar-refractivity contribution < 1.29 is 8.42 Å². The van der Waals surface area contributed by atoms with Crippen LogP contribution in [0.25, 0.3) is 0 Å². The molecule has 0 aliphatic rings. The SMILES string of the molecule is CNS(=O)(=O)Cc1ccc(CN=C(N)NC(C)c2ccc(Cl)cc2Cl)cc1. The van der Waals surface area contributed by atoms with Gasteiger partial charge >= 0.3 is 0 Å². The quantitative estimate of drug-likeness (QED) is 0.465. The van der Waals surface area contributed by atoms with Gasteiger partial charge in [-0.2, -0.15) is 0 Å². The van der Waals surface area contributed by atoms with E-state index in [0.717, 1.165) is 11.1 Å². The molecule has 0 fully saturated rings. The van der Waals surface area contributed by atoms with Crippen LogP contribution in [0.1, 0.15) is 29.7 Å².